The Hall–Kier alpha value is -2.42. The Morgan fingerprint density at radius 2 is 1.74 bits per heavy atom. The topological polar surface area (TPSA) is 47.4 Å². The molecule has 0 fully saturated rings. The van der Waals surface area contributed by atoms with Gasteiger partial charge in [0, 0.05) is 23.9 Å². The number of amides is 1. The standard InChI is InChI=1S/C20H15Cl3F3N3O2/c1-28-18(23)14(17(27-28)20(24,25)26)10-29(12-4-6-13(31-2)7-5-12)19(30)11-3-8-15(21)16(22)9-11/h3-9H,10H2,1-2H3. The molecule has 31 heavy (non-hydrogen) atoms. The molecule has 1 aromatic heterocycles. The van der Waals surface area contributed by atoms with Crippen molar-refractivity contribution in [3.8, 4) is 5.75 Å². The Morgan fingerprint density at radius 3 is 2.29 bits per heavy atom. The monoisotopic (exact) mass is 491 g/mol. The Morgan fingerprint density at radius 1 is 1.10 bits per heavy atom. The second-order valence-corrected chi connectivity index (χ2v) is 7.63. The van der Waals surface area contributed by atoms with E-state index >= 15 is 0 Å². The number of benzene rings is 2. The number of carbonyl (C=O) groups excluding carboxylic acids is 1. The zero-order chi connectivity index (χ0) is 22.9. The van der Waals surface area contributed by atoms with Crippen LogP contribution in [0.3, 0.4) is 0 Å². The van der Waals surface area contributed by atoms with Crippen LogP contribution in [-0.2, 0) is 19.8 Å². The maximum atomic E-state index is 13.5. The van der Waals surface area contributed by atoms with E-state index < -0.39 is 24.3 Å². The van der Waals surface area contributed by atoms with Crippen LogP contribution in [0.25, 0.3) is 0 Å². The molecule has 0 aliphatic rings. The molecule has 0 N–H and O–H groups in total. The third kappa shape index (κ3) is 4.92. The van der Waals surface area contributed by atoms with Gasteiger partial charge in [0.1, 0.15) is 10.9 Å². The summed E-state index contributed by atoms with van der Waals surface area (Å²) < 4.78 is 46.6. The molecule has 0 saturated heterocycles. The van der Waals surface area contributed by atoms with E-state index in [1.54, 1.807) is 24.3 Å². The van der Waals surface area contributed by atoms with E-state index in [9.17, 15) is 18.0 Å². The number of aromatic nitrogens is 2. The van der Waals surface area contributed by atoms with E-state index in [1.807, 2.05) is 0 Å². The SMILES string of the molecule is COc1ccc(N(Cc2c(C(F)(F)F)nn(C)c2Cl)C(=O)c2ccc(Cl)c(Cl)c2)cc1. The van der Waals surface area contributed by atoms with E-state index in [-0.39, 0.29) is 26.3 Å². The number of ether oxygens (including phenoxy) is 1. The van der Waals surface area contributed by atoms with Gasteiger partial charge < -0.3 is 9.64 Å². The van der Waals surface area contributed by atoms with Crippen molar-refractivity contribution < 1.29 is 22.7 Å². The molecular weight excluding hydrogens is 478 g/mol. The Bertz CT molecular complexity index is 1120. The van der Waals surface area contributed by atoms with Crippen molar-refractivity contribution in [2.75, 3.05) is 12.0 Å². The second-order valence-electron chi connectivity index (χ2n) is 6.46. The maximum Gasteiger partial charge on any atom is 0.435 e. The first-order valence-electron chi connectivity index (χ1n) is 8.72. The molecule has 11 heteroatoms. The lowest BCUT2D eigenvalue weighted by molar-refractivity contribution is -0.142. The number of aryl methyl sites for hydroxylation is 1. The molecule has 0 radical (unpaired) electrons. The normalized spacial score (nSPS) is 11.5. The van der Waals surface area contributed by atoms with Crippen LogP contribution in [0.2, 0.25) is 15.2 Å². The fraction of sp³-hybridized carbons (Fsp3) is 0.200. The third-order valence-electron chi connectivity index (χ3n) is 4.45. The lowest BCUT2D eigenvalue weighted by Gasteiger charge is -2.24. The quantitative estimate of drug-likeness (QED) is 0.423. The summed E-state index contributed by atoms with van der Waals surface area (Å²) in [5.41, 5.74) is -1.04. The molecule has 164 valence electrons. The lowest BCUT2D eigenvalue weighted by atomic mass is 10.1. The highest BCUT2D eigenvalue weighted by Crippen LogP contribution is 2.36. The minimum atomic E-state index is -4.75. The van der Waals surface area contributed by atoms with Crippen LogP contribution < -0.4 is 9.64 Å². The number of hydrogen-bond acceptors (Lipinski definition) is 3. The highest BCUT2D eigenvalue weighted by molar-refractivity contribution is 6.42. The number of nitrogens with zero attached hydrogens (tertiary/aromatic N) is 3. The fourth-order valence-electron chi connectivity index (χ4n) is 2.90. The van der Waals surface area contributed by atoms with Crippen LogP contribution in [0, 0.1) is 0 Å². The van der Waals surface area contributed by atoms with Crippen molar-refractivity contribution in [1.29, 1.82) is 0 Å². The van der Waals surface area contributed by atoms with Gasteiger partial charge >= 0.3 is 6.18 Å². The van der Waals surface area contributed by atoms with Crippen molar-refractivity contribution in [3.05, 3.63) is 74.5 Å². The molecule has 5 nitrogen and oxygen atoms in total. The minimum absolute atomic E-state index is 0.137. The molecule has 0 aliphatic heterocycles. The van der Waals surface area contributed by atoms with Crippen LogP contribution in [0.4, 0.5) is 18.9 Å². The Balaban J connectivity index is 2.10. The summed E-state index contributed by atoms with van der Waals surface area (Å²) in [7, 11) is 2.76. The lowest BCUT2D eigenvalue weighted by Crippen LogP contribution is -2.31. The second kappa shape index (κ2) is 8.98. The number of halogens is 6. The average Bonchev–Trinajstić information content (AvgIpc) is 3.02. The van der Waals surface area contributed by atoms with Gasteiger partial charge in [-0.2, -0.15) is 18.3 Å². The summed E-state index contributed by atoms with van der Waals surface area (Å²) in [5, 5.41) is 3.62. The molecule has 0 saturated carbocycles. The molecule has 0 bridgehead atoms. The highest BCUT2D eigenvalue weighted by atomic mass is 35.5. The number of carbonyl (C=O) groups is 1. The van der Waals surface area contributed by atoms with E-state index in [4.69, 9.17) is 39.5 Å². The fourth-order valence-corrected chi connectivity index (χ4v) is 3.39. The molecule has 3 rings (SSSR count). The van der Waals surface area contributed by atoms with Crippen molar-refractivity contribution >= 4 is 46.4 Å². The van der Waals surface area contributed by atoms with Crippen molar-refractivity contribution in [2.45, 2.75) is 12.7 Å². The first-order valence-corrected chi connectivity index (χ1v) is 9.86. The van der Waals surface area contributed by atoms with Gasteiger partial charge in [0.2, 0.25) is 0 Å². The number of rotatable bonds is 5. The van der Waals surface area contributed by atoms with Crippen molar-refractivity contribution in [3.63, 3.8) is 0 Å². The summed E-state index contributed by atoms with van der Waals surface area (Å²) >= 11 is 18.0. The van der Waals surface area contributed by atoms with Crippen LogP contribution in [-0.4, -0.2) is 22.8 Å². The Labute approximate surface area is 190 Å². The molecule has 0 aliphatic carbocycles. The highest BCUT2D eigenvalue weighted by Gasteiger charge is 2.39. The number of methoxy groups -OCH3 is 1. The first kappa shape index (κ1) is 23.2. The van der Waals surface area contributed by atoms with Gasteiger partial charge in [-0.15, -0.1) is 0 Å². The van der Waals surface area contributed by atoms with Gasteiger partial charge in [0.25, 0.3) is 5.91 Å². The van der Waals surface area contributed by atoms with Gasteiger partial charge in [-0.05, 0) is 42.5 Å². The van der Waals surface area contributed by atoms with Crippen LogP contribution in [0.1, 0.15) is 21.6 Å². The first-order chi connectivity index (χ1) is 14.5. The van der Waals surface area contributed by atoms with Crippen LogP contribution >= 0.6 is 34.8 Å². The van der Waals surface area contributed by atoms with Gasteiger partial charge in [-0.1, -0.05) is 34.8 Å². The van der Waals surface area contributed by atoms with Gasteiger partial charge in [0.05, 0.1) is 23.7 Å². The van der Waals surface area contributed by atoms with E-state index in [0.717, 1.165) is 9.58 Å². The molecule has 2 aromatic carbocycles. The van der Waals surface area contributed by atoms with Gasteiger partial charge in [0.15, 0.2) is 5.69 Å². The molecule has 0 atom stereocenters. The van der Waals surface area contributed by atoms with Crippen LogP contribution in [0.15, 0.2) is 42.5 Å². The molecule has 1 heterocycles. The predicted molar refractivity (Wildman–Crippen MR) is 113 cm³/mol. The summed E-state index contributed by atoms with van der Waals surface area (Å²) in [6.07, 6.45) is -4.75. The number of anilines is 1. The number of hydrogen-bond donors (Lipinski definition) is 0. The van der Waals surface area contributed by atoms with Gasteiger partial charge in [-0.25, -0.2) is 0 Å². The Kier molecular flexibility index (Phi) is 6.73. The van der Waals surface area contributed by atoms with E-state index in [0.29, 0.717) is 11.4 Å². The summed E-state index contributed by atoms with van der Waals surface area (Å²) in [5.74, 6) is -0.0853. The molecule has 1 amide bonds. The zero-order valence-corrected chi connectivity index (χ0v) is 18.4. The molecule has 3 aromatic rings. The molecule has 0 unspecified atom stereocenters. The predicted octanol–water partition coefficient (Wildman–Crippen LogP) is 6.25. The summed E-state index contributed by atoms with van der Waals surface area (Å²) in [6, 6.07) is 10.5. The van der Waals surface area contributed by atoms with Crippen LogP contribution in [0.5, 0.6) is 5.75 Å². The maximum absolute atomic E-state index is 13.5. The number of alkyl halides is 3. The molecular formula is C20H15Cl3F3N3O2. The third-order valence-corrected chi connectivity index (χ3v) is 5.66. The van der Waals surface area contributed by atoms with Crippen molar-refractivity contribution in [1.82, 2.24) is 9.78 Å². The minimum Gasteiger partial charge on any atom is -0.497 e. The summed E-state index contributed by atoms with van der Waals surface area (Å²) in [6.45, 7) is -0.479. The van der Waals surface area contributed by atoms with E-state index in [1.165, 1.54) is 32.4 Å². The summed E-state index contributed by atoms with van der Waals surface area (Å²) in [4.78, 5) is 14.4. The largest absolute Gasteiger partial charge is 0.497 e. The molecule has 0 spiro atoms. The van der Waals surface area contributed by atoms with E-state index in [2.05, 4.69) is 5.10 Å². The zero-order valence-electron chi connectivity index (χ0n) is 16.2. The smallest absolute Gasteiger partial charge is 0.435 e. The van der Waals surface area contributed by atoms with Crippen molar-refractivity contribution in [2.24, 2.45) is 7.05 Å². The average molecular weight is 493 g/mol. The van der Waals surface area contributed by atoms with Gasteiger partial charge in [-0.3, -0.25) is 9.48 Å².